The van der Waals surface area contributed by atoms with Gasteiger partial charge in [-0.1, -0.05) is 37.8 Å². The molecule has 1 rings (SSSR count). The van der Waals surface area contributed by atoms with Gasteiger partial charge in [0.2, 0.25) is 0 Å². The molecule has 1 aromatic carbocycles. The van der Waals surface area contributed by atoms with Crippen molar-refractivity contribution in [3.63, 3.8) is 0 Å². The van der Waals surface area contributed by atoms with Gasteiger partial charge in [0.15, 0.2) is 0 Å². The second-order valence-electron chi connectivity index (χ2n) is 3.32. The van der Waals surface area contributed by atoms with Crippen LogP contribution in [0.1, 0.15) is 19.8 Å². The lowest BCUT2D eigenvalue weighted by Gasteiger charge is -2.24. The topological polar surface area (TPSA) is 3.24 Å². The molecule has 0 N–H and O–H groups in total. The molecule has 1 nitrogen and oxygen atoms in total. The fourth-order valence-electron chi connectivity index (χ4n) is 1.40. The zero-order valence-electron chi connectivity index (χ0n) is 8.79. The van der Waals surface area contributed by atoms with Crippen LogP contribution in [0.3, 0.4) is 0 Å². The molecular weight excluding hydrogens is 230 g/mol. The minimum Gasteiger partial charge on any atom is -0.372 e. The number of anilines is 1. The summed E-state index contributed by atoms with van der Waals surface area (Å²) in [6.07, 6.45) is 4.47. The standard InChI is InChI=1S/C10H15NS3/c1-4-5-6-11(2)7-8(12)9(13)10(7)14-3/h4-6H2,1-3H3. The summed E-state index contributed by atoms with van der Waals surface area (Å²) in [5.41, 5.74) is 1.19. The molecule has 0 amide bonds. The molecule has 0 spiro atoms. The molecule has 0 heterocycles. The molecule has 0 saturated heterocycles. The molecule has 4 heteroatoms. The van der Waals surface area contributed by atoms with E-state index in [1.165, 1.54) is 23.4 Å². The van der Waals surface area contributed by atoms with Gasteiger partial charge in [-0.2, -0.15) is 0 Å². The van der Waals surface area contributed by atoms with Gasteiger partial charge >= 0.3 is 0 Å². The molecule has 0 unspecified atom stereocenters. The van der Waals surface area contributed by atoms with E-state index in [2.05, 4.69) is 25.1 Å². The fraction of sp³-hybridized carbons (Fsp3) is 0.600. The van der Waals surface area contributed by atoms with Crippen LogP contribution in [0.15, 0.2) is 4.90 Å². The van der Waals surface area contributed by atoms with Crippen LogP contribution in [-0.2, 0) is 0 Å². The summed E-state index contributed by atoms with van der Waals surface area (Å²) in [4.78, 5) is 3.43. The summed E-state index contributed by atoms with van der Waals surface area (Å²) in [7, 11) is 2.09. The Morgan fingerprint density at radius 3 is 2.43 bits per heavy atom. The van der Waals surface area contributed by atoms with E-state index in [0.717, 1.165) is 15.6 Å². The van der Waals surface area contributed by atoms with E-state index >= 15 is 0 Å². The van der Waals surface area contributed by atoms with Gasteiger partial charge in [-0.15, -0.1) is 11.8 Å². The maximum Gasteiger partial charge on any atom is 0.0815 e. The van der Waals surface area contributed by atoms with Gasteiger partial charge in [0, 0.05) is 13.6 Å². The van der Waals surface area contributed by atoms with Crippen LogP contribution in [0.4, 0.5) is 5.69 Å². The van der Waals surface area contributed by atoms with Crippen LogP contribution in [0.5, 0.6) is 0 Å². The minimum atomic E-state index is 0.878. The first-order chi connectivity index (χ1) is 6.63. The van der Waals surface area contributed by atoms with Crippen molar-refractivity contribution in [1.29, 1.82) is 0 Å². The summed E-state index contributed by atoms with van der Waals surface area (Å²) in [5.74, 6) is 0. The fourth-order valence-corrected chi connectivity index (χ4v) is 3.07. The maximum absolute atomic E-state index is 5.24. The average Bonchev–Trinajstić information content (AvgIpc) is 2.20. The average molecular weight is 245 g/mol. The number of hydrogen-bond donors (Lipinski definition) is 0. The van der Waals surface area contributed by atoms with Crippen LogP contribution < -0.4 is 4.90 Å². The Labute approximate surface area is 100 Å². The third-order valence-electron chi connectivity index (χ3n) is 2.28. The lowest BCUT2D eigenvalue weighted by Crippen LogP contribution is -2.21. The van der Waals surface area contributed by atoms with Gasteiger partial charge in [0.25, 0.3) is 0 Å². The van der Waals surface area contributed by atoms with E-state index < -0.39 is 0 Å². The second-order valence-corrected chi connectivity index (χ2v) is 4.95. The molecule has 0 fully saturated rings. The molecule has 78 valence electrons. The summed E-state index contributed by atoms with van der Waals surface area (Å²) >= 11 is 12.1. The summed E-state index contributed by atoms with van der Waals surface area (Å²) in [5, 5.41) is 0. The van der Waals surface area contributed by atoms with Gasteiger partial charge in [-0.05, 0) is 12.7 Å². The number of thioether (sulfide) groups is 1. The number of rotatable bonds is 5. The van der Waals surface area contributed by atoms with E-state index in [1.54, 1.807) is 11.8 Å². The van der Waals surface area contributed by atoms with Gasteiger partial charge in [-0.25, -0.2) is 0 Å². The highest BCUT2D eigenvalue weighted by atomic mass is 32.2. The molecule has 0 aliphatic carbocycles. The predicted molar refractivity (Wildman–Crippen MR) is 70.4 cm³/mol. The third-order valence-corrected chi connectivity index (χ3v) is 4.15. The smallest absolute Gasteiger partial charge is 0.0815 e. The molecule has 0 bridgehead atoms. The summed E-state index contributed by atoms with van der Waals surface area (Å²) < 4.78 is 1.76. The van der Waals surface area contributed by atoms with E-state index in [0.29, 0.717) is 0 Å². The van der Waals surface area contributed by atoms with E-state index in [-0.39, 0.29) is 0 Å². The number of hydrogen-bond acceptors (Lipinski definition) is 4. The largest absolute Gasteiger partial charge is 0.372 e. The number of unbranched alkanes of at least 4 members (excludes halogenated alkanes) is 1. The summed E-state index contributed by atoms with van der Waals surface area (Å²) in [6.45, 7) is 3.26. The molecule has 1 aromatic rings. The van der Waals surface area contributed by atoms with E-state index in [9.17, 15) is 0 Å². The van der Waals surface area contributed by atoms with Crippen molar-refractivity contribution in [3.05, 3.63) is 9.02 Å². The zero-order valence-corrected chi connectivity index (χ0v) is 11.2. The van der Waals surface area contributed by atoms with E-state index in [4.69, 9.17) is 24.4 Å². The lowest BCUT2D eigenvalue weighted by atomic mass is 10.2. The molecule has 0 aliphatic heterocycles. The zero-order chi connectivity index (χ0) is 10.7. The van der Waals surface area contributed by atoms with Crippen molar-refractivity contribution >= 4 is 41.9 Å². The molecule has 0 radical (unpaired) electrons. The van der Waals surface area contributed by atoms with Crippen LogP contribution in [0, 0.1) is 9.02 Å². The highest BCUT2D eigenvalue weighted by molar-refractivity contribution is 7.99. The van der Waals surface area contributed by atoms with Crippen LogP contribution >= 0.6 is 36.2 Å². The van der Waals surface area contributed by atoms with Crippen LogP contribution in [-0.4, -0.2) is 19.8 Å². The highest BCUT2D eigenvalue weighted by Gasteiger charge is 2.16. The Hall–Kier alpha value is 0.0700. The first-order valence-electron chi connectivity index (χ1n) is 4.71. The van der Waals surface area contributed by atoms with Crippen molar-refractivity contribution in [2.24, 2.45) is 0 Å². The third kappa shape index (κ3) is 2.18. The monoisotopic (exact) mass is 245 g/mol. The quantitative estimate of drug-likeness (QED) is 0.570. The molecular formula is C10H15NS3. The summed E-state index contributed by atoms with van der Waals surface area (Å²) in [6, 6.07) is 0. The molecule has 14 heavy (non-hydrogen) atoms. The number of nitrogens with zero attached hydrogens (tertiary/aromatic N) is 1. The minimum absolute atomic E-state index is 0.878. The van der Waals surface area contributed by atoms with Gasteiger partial charge in [-0.3, -0.25) is 0 Å². The highest BCUT2D eigenvalue weighted by Crippen LogP contribution is 2.36. The Morgan fingerprint density at radius 2 is 1.93 bits per heavy atom. The Bertz CT molecular complexity index is 377. The first kappa shape index (κ1) is 12.1. The van der Waals surface area contributed by atoms with Crippen molar-refractivity contribution < 1.29 is 0 Å². The Morgan fingerprint density at radius 1 is 1.29 bits per heavy atom. The van der Waals surface area contributed by atoms with Crippen molar-refractivity contribution in [2.45, 2.75) is 24.7 Å². The van der Waals surface area contributed by atoms with Crippen molar-refractivity contribution in [1.82, 2.24) is 0 Å². The normalized spacial score (nSPS) is 10.8. The Balaban J connectivity index is 2.80. The molecule has 0 aromatic heterocycles. The van der Waals surface area contributed by atoms with Crippen LogP contribution in [0.25, 0.3) is 0 Å². The van der Waals surface area contributed by atoms with Crippen LogP contribution in [0.2, 0.25) is 0 Å². The predicted octanol–water partition coefficient (Wildman–Crippen LogP) is 3.98. The van der Waals surface area contributed by atoms with Crippen molar-refractivity contribution in [3.8, 4) is 0 Å². The lowest BCUT2D eigenvalue weighted by molar-refractivity contribution is 0.759. The van der Waals surface area contributed by atoms with Gasteiger partial charge in [0.05, 0.1) is 19.6 Å². The molecule has 0 saturated carbocycles. The van der Waals surface area contributed by atoms with Gasteiger partial charge < -0.3 is 4.90 Å². The van der Waals surface area contributed by atoms with E-state index in [1.807, 2.05) is 0 Å². The molecule has 0 aliphatic rings. The maximum atomic E-state index is 5.24. The van der Waals surface area contributed by atoms with Crippen molar-refractivity contribution in [2.75, 3.05) is 24.7 Å². The van der Waals surface area contributed by atoms with Gasteiger partial charge in [0.1, 0.15) is 0 Å². The second kappa shape index (κ2) is 5.24. The Kier molecular flexibility index (Phi) is 4.54. The first-order valence-corrected chi connectivity index (χ1v) is 6.76. The molecule has 0 atom stereocenters. The SMILES string of the molecule is CCCCN(C)c1c(SC)c(=S)c1=S.